The van der Waals surface area contributed by atoms with E-state index in [1.54, 1.807) is 39.5 Å². The summed E-state index contributed by atoms with van der Waals surface area (Å²) in [6.07, 6.45) is 2.05. The van der Waals surface area contributed by atoms with Crippen LogP contribution in [0.2, 0.25) is 0 Å². The Morgan fingerprint density at radius 3 is 2.40 bits per heavy atom. The van der Waals surface area contributed by atoms with Crippen molar-refractivity contribution < 1.29 is 19.0 Å². The number of nitrogens with one attached hydrogen (secondary N) is 1. The number of hydrogen-bond donors (Lipinski definition) is 1. The summed E-state index contributed by atoms with van der Waals surface area (Å²) in [5, 5.41) is 3.00. The van der Waals surface area contributed by atoms with E-state index in [0.29, 0.717) is 23.7 Å². The molecule has 0 fully saturated rings. The number of nitrogens with zero attached hydrogens (tertiary/aromatic N) is 2. The lowest BCUT2D eigenvalue weighted by molar-refractivity contribution is 0.182. The standard InChI is InChI=1S/C23H25N3O4/c1-28-18-9-6-16(7-10-18)22-19-5-4-12-25(19)13-14-26(22)23(27)24-17-8-11-20(29-2)21(15-17)30-3/h4-12,15,22H,13-14H2,1-3H3,(H,24,27)/t22-/m1/s1. The van der Waals surface area contributed by atoms with Crippen molar-refractivity contribution in [1.82, 2.24) is 9.47 Å². The topological polar surface area (TPSA) is 65.0 Å². The number of benzene rings is 2. The number of fused-ring (bicyclic) bond motifs is 1. The molecule has 2 amide bonds. The van der Waals surface area contributed by atoms with E-state index in [-0.39, 0.29) is 12.1 Å². The molecular formula is C23H25N3O4. The fourth-order valence-electron chi connectivity index (χ4n) is 3.85. The zero-order valence-electron chi connectivity index (χ0n) is 17.3. The molecule has 7 nitrogen and oxygen atoms in total. The lowest BCUT2D eigenvalue weighted by Crippen LogP contribution is -2.44. The minimum Gasteiger partial charge on any atom is -0.497 e. The summed E-state index contributed by atoms with van der Waals surface area (Å²) in [4.78, 5) is 15.1. The van der Waals surface area contributed by atoms with Gasteiger partial charge in [-0.05, 0) is 42.0 Å². The fourth-order valence-corrected chi connectivity index (χ4v) is 3.85. The molecule has 2 heterocycles. The summed E-state index contributed by atoms with van der Waals surface area (Å²) in [6, 6.07) is 16.9. The third kappa shape index (κ3) is 3.66. The SMILES string of the molecule is COc1ccc([C@@H]2c3cccn3CCN2C(=O)Nc2ccc(OC)c(OC)c2)cc1. The van der Waals surface area contributed by atoms with Crippen LogP contribution in [-0.2, 0) is 6.54 Å². The lowest BCUT2D eigenvalue weighted by atomic mass is 10.00. The Hall–Kier alpha value is -3.61. The number of methoxy groups -OCH3 is 3. The smallest absolute Gasteiger partial charge is 0.322 e. The molecule has 0 unspecified atom stereocenters. The summed E-state index contributed by atoms with van der Waals surface area (Å²) >= 11 is 0. The van der Waals surface area contributed by atoms with Crippen LogP contribution in [0.25, 0.3) is 0 Å². The maximum atomic E-state index is 13.3. The molecule has 0 bridgehead atoms. The molecule has 0 radical (unpaired) electrons. The van der Waals surface area contributed by atoms with Crippen molar-refractivity contribution in [3.8, 4) is 17.2 Å². The van der Waals surface area contributed by atoms with E-state index in [4.69, 9.17) is 14.2 Å². The maximum absolute atomic E-state index is 13.3. The second kappa shape index (κ2) is 8.41. The summed E-state index contributed by atoms with van der Waals surface area (Å²) in [7, 11) is 4.80. The van der Waals surface area contributed by atoms with Crippen molar-refractivity contribution in [3.05, 3.63) is 72.1 Å². The van der Waals surface area contributed by atoms with Gasteiger partial charge in [0.2, 0.25) is 0 Å². The van der Waals surface area contributed by atoms with E-state index in [0.717, 1.165) is 23.6 Å². The predicted molar refractivity (Wildman–Crippen MR) is 115 cm³/mol. The largest absolute Gasteiger partial charge is 0.497 e. The Morgan fingerprint density at radius 1 is 0.933 bits per heavy atom. The highest BCUT2D eigenvalue weighted by Gasteiger charge is 2.32. The predicted octanol–water partition coefficient (Wildman–Crippen LogP) is 4.15. The van der Waals surface area contributed by atoms with Crippen LogP contribution in [0, 0.1) is 0 Å². The molecule has 4 rings (SSSR count). The molecule has 1 atom stereocenters. The van der Waals surface area contributed by atoms with Gasteiger partial charge >= 0.3 is 6.03 Å². The molecule has 2 aromatic carbocycles. The quantitative estimate of drug-likeness (QED) is 0.690. The van der Waals surface area contributed by atoms with Gasteiger partial charge in [-0.25, -0.2) is 4.79 Å². The highest BCUT2D eigenvalue weighted by Crippen LogP contribution is 2.34. The van der Waals surface area contributed by atoms with Gasteiger partial charge in [0.25, 0.3) is 0 Å². The Morgan fingerprint density at radius 2 is 1.70 bits per heavy atom. The number of rotatable bonds is 5. The van der Waals surface area contributed by atoms with Gasteiger partial charge in [0.15, 0.2) is 11.5 Å². The van der Waals surface area contributed by atoms with E-state index >= 15 is 0 Å². The molecule has 1 N–H and O–H groups in total. The number of amides is 2. The van der Waals surface area contributed by atoms with Gasteiger partial charge in [-0.3, -0.25) is 0 Å². The Bertz CT molecular complexity index is 1030. The van der Waals surface area contributed by atoms with Crippen LogP contribution in [0.15, 0.2) is 60.8 Å². The van der Waals surface area contributed by atoms with E-state index in [1.807, 2.05) is 35.2 Å². The van der Waals surface area contributed by atoms with Crippen LogP contribution in [0.3, 0.4) is 0 Å². The van der Waals surface area contributed by atoms with E-state index in [9.17, 15) is 4.79 Å². The van der Waals surface area contributed by atoms with Crippen LogP contribution in [0.4, 0.5) is 10.5 Å². The summed E-state index contributed by atoms with van der Waals surface area (Å²) < 4.78 is 18.1. The molecule has 0 aliphatic carbocycles. The van der Waals surface area contributed by atoms with Crippen LogP contribution >= 0.6 is 0 Å². The second-order valence-electron chi connectivity index (χ2n) is 7.00. The van der Waals surface area contributed by atoms with Crippen molar-refractivity contribution in [2.75, 3.05) is 33.2 Å². The minimum atomic E-state index is -0.195. The van der Waals surface area contributed by atoms with E-state index in [1.165, 1.54) is 0 Å². The minimum absolute atomic E-state index is 0.171. The van der Waals surface area contributed by atoms with Gasteiger partial charge in [0.05, 0.1) is 27.4 Å². The third-order valence-corrected chi connectivity index (χ3v) is 5.37. The summed E-state index contributed by atoms with van der Waals surface area (Å²) in [5.41, 5.74) is 2.75. The zero-order valence-corrected chi connectivity index (χ0v) is 17.3. The number of ether oxygens (including phenoxy) is 3. The first kappa shape index (κ1) is 19.7. The van der Waals surface area contributed by atoms with Crippen LogP contribution in [-0.4, -0.2) is 43.4 Å². The van der Waals surface area contributed by atoms with Gasteiger partial charge in [-0.2, -0.15) is 0 Å². The number of aromatic nitrogens is 1. The molecule has 1 aliphatic heterocycles. The van der Waals surface area contributed by atoms with Crippen LogP contribution < -0.4 is 19.5 Å². The van der Waals surface area contributed by atoms with Gasteiger partial charge in [-0.1, -0.05) is 12.1 Å². The lowest BCUT2D eigenvalue weighted by Gasteiger charge is -2.37. The number of carbonyl (C=O) groups excluding carboxylic acids is 1. The fraction of sp³-hybridized carbons (Fsp3) is 0.261. The molecule has 1 aromatic heterocycles. The summed E-state index contributed by atoms with van der Waals surface area (Å²) in [6.45, 7) is 1.34. The molecule has 156 valence electrons. The highest BCUT2D eigenvalue weighted by molar-refractivity contribution is 5.90. The Labute approximate surface area is 175 Å². The molecule has 1 aliphatic rings. The first-order valence-electron chi connectivity index (χ1n) is 9.73. The number of urea groups is 1. The molecule has 0 saturated carbocycles. The average molecular weight is 407 g/mol. The first-order chi connectivity index (χ1) is 14.6. The molecular weight excluding hydrogens is 382 g/mol. The van der Waals surface area contributed by atoms with Crippen LogP contribution in [0.1, 0.15) is 17.3 Å². The number of hydrogen-bond acceptors (Lipinski definition) is 4. The summed E-state index contributed by atoms with van der Waals surface area (Å²) in [5.74, 6) is 1.96. The Kier molecular flexibility index (Phi) is 5.52. The number of carbonyl (C=O) groups is 1. The molecule has 0 saturated heterocycles. The van der Waals surface area contributed by atoms with Crippen molar-refractivity contribution in [2.24, 2.45) is 0 Å². The molecule has 7 heteroatoms. The number of anilines is 1. The first-order valence-corrected chi connectivity index (χ1v) is 9.73. The second-order valence-corrected chi connectivity index (χ2v) is 7.00. The Balaban J connectivity index is 1.63. The van der Waals surface area contributed by atoms with Gasteiger partial charge in [0.1, 0.15) is 5.75 Å². The molecule has 3 aromatic rings. The van der Waals surface area contributed by atoms with E-state index < -0.39 is 0 Å². The van der Waals surface area contributed by atoms with Gasteiger partial charge in [-0.15, -0.1) is 0 Å². The zero-order chi connectivity index (χ0) is 21.1. The monoisotopic (exact) mass is 407 g/mol. The molecule has 30 heavy (non-hydrogen) atoms. The van der Waals surface area contributed by atoms with Crippen molar-refractivity contribution >= 4 is 11.7 Å². The van der Waals surface area contributed by atoms with Crippen molar-refractivity contribution in [1.29, 1.82) is 0 Å². The molecule has 0 spiro atoms. The van der Waals surface area contributed by atoms with Crippen LogP contribution in [0.5, 0.6) is 17.2 Å². The highest BCUT2D eigenvalue weighted by atomic mass is 16.5. The third-order valence-electron chi connectivity index (χ3n) is 5.37. The normalized spacial score (nSPS) is 15.3. The van der Waals surface area contributed by atoms with E-state index in [2.05, 4.69) is 22.1 Å². The maximum Gasteiger partial charge on any atom is 0.322 e. The van der Waals surface area contributed by atoms with Gasteiger partial charge < -0.3 is 29.0 Å². The van der Waals surface area contributed by atoms with Crippen molar-refractivity contribution in [2.45, 2.75) is 12.6 Å². The average Bonchev–Trinajstić information content (AvgIpc) is 3.27. The van der Waals surface area contributed by atoms with Crippen molar-refractivity contribution in [3.63, 3.8) is 0 Å². The van der Waals surface area contributed by atoms with Gasteiger partial charge in [0, 0.05) is 36.7 Å².